The van der Waals surface area contributed by atoms with Crippen LogP contribution in [-0.2, 0) is 16.6 Å². The Balaban J connectivity index is 2.64. The zero-order chi connectivity index (χ0) is 20.3. The van der Waals surface area contributed by atoms with Gasteiger partial charge in [-0.25, -0.2) is 18.5 Å². The summed E-state index contributed by atoms with van der Waals surface area (Å²) in [5.41, 5.74) is 0.799. The number of nitrogens with zero attached hydrogens (tertiary/aromatic N) is 2. The van der Waals surface area contributed by atoms with Crippen LogP contribution in [-0.4, -0.2) is 51.5 Å². The third kappa shape index (κ3) is 9.21. The van der Waals surface area contributed by atoms with Gasteiger partial charge in [-0.1, -0.05) is 26.0 Å². The Hall–Kier alpha value is -1.64. The monoisotopic (exact) mass is 397 g/mol. The lowest BCUT2D eigenvalue weighted by Gasteiger charge is -2.21. The number of hydrogen-bond acceptors (Lipinski definition) is 4. The molecule has 0 aliphatic carbocycles. The van der Waals surface area contributed by atoms with Gasteiger partial charge >= 0.3 is 0 Å². The highest BCUT2D eigenvalue weighted by Crippen LogP contribution is 2.10. The predicted octanol–water partition coefficient (Wildman–Crippen LogP) is 1.90. The average molecular weight is 398 g/mol. The molecule has 27 heavy (non-hydrogen) atoms. The van der Waals surface area contributed by atoms with Crippen LogP contribution in [0.5, 0.6) is 0 Å². The van der Waals surface area contributed by atoms with E-state index in [4.69, 9.17) is 5.14 Å². The van der Waals surface area contributed by atoms with Crippen LogP contribution in [0.25, 0.3) is 0 Å². The molecule has 1 rings (SSSR count). The van der Waals surface area contributed by atoms with Crippen LogP contribution in [0.2, 0.25) is 0 Å². The predicted molar refractivity (Wildman–Crippen MR) is 112 cm³/mol. The smallest absolute Gasteiger partial charge is 0.238 e. The summed E-state index contributed by atoms with van der Waals surface area (Å²) in [6, 6.07) is 6.88. The molecule has 4 N–H and O–H groups in total. The Morgan fingerprint density at radius 3 is 2.56 bits per heavy atom. The molecule has 0 fully saturated rings. The molecule has 0 bridgehead atoms. The van der Waals surface area contributed by atoms with Crippen molar-refractivity contribution >= 4 is 16.0 Å². The molecule has 1 atom stereocenters. The number of guanidine groups is 1. The van der Waals surface area contributed by atoms with E-state index in [-0.39, 0.29) is 4.90 Å². The van der Waals surface area contributed by atoms with E-state index in [2.05, 4.69) is 41.3 Å². The van der Waals surface area contributed by atoms with E-state index >= 15 is 0 Å². The van der Waals surface area contributed by atoms with E-state index in [0.717, 1.165) is 50.5 Å². The number of rotatable bonds is 11. The molecule has 7 nitrogen and oxygen atoms in total. The van der Waals surface area contributed by atoms with Gasteiger partial charge < -0.3 is 15.5 Å². The van der Waals surface area contributed by atoms with Crippen LogP contribution >= 0.6 is 0 Å². The van der Waals surface area contributed by atoms with Gasteiger partial charge in [0.15, 0.2) is 5.96 Å². The van der Waals surface area contributed by atoms with Crippen molar-refractivity contribution in [3.05, 3.63) is 29.8 Å². The molecule has 0 heterocycles. The highest BCUT2D eigenvalue weighted by molar-refractivity contribution is 7.89. The number of nitrogens with two attached hydrogens (primary N) is 1. The minimum Gasteiger partial charge on any atom is -0.357 e. The number of primary sulfonamides is 1. The zero-order valence-corrected chi connectivity index (χ0v) is 17.8. The molecular formula is C19H35N5O2S. The molecule has 0 radical (unpaired) electrons. The molecule has 0 saturated carbocycles. The van der Waals surface area contributed by atoms with Crippen molar-refractivity contribution in [3.63, 3.8) is 0 Å². The summed E-state index contributed by atoms with van der Waals surface area (Å²) in [5, 5.41) is 11.8. The molecule has 0 aliphatic heterocycles. The third-order valence-corrected chi connectivity index (χ3v) is 5.29. The first-order valence-electron chi connectivity index (χ1n) is 9.69. The number of sulfonamides is 1. The van der Waals surface area contributed by atoms with Gasteiger partial charge in [0.25, 0.3) is 0 Å². The maximum atomic E-state index is 11.5. The first-order chi connectivity index (χ1) is 12.8. The number of benzene rings is 1. The van der Waals surface area contributed by atoms with Crippen LogP contribution < -0.4 is 15.8 Å². The van der Waals surface area contributed by atoms with E-state index in [1.54, 1.807) is 12.1 Å². The van der Waals surface area contributed by atoms with Crippen molar-refractivity contribution in [2.24, 2.45) is 10.1 Å². The maximum Gasteiger partial charge on any atom is 0.238 e. The average Bonchev–Trinajstić information content (AvgIpc) is 2.63. The molecule has 8 heteroatoms. The van der Waals surface area contributed by atoms with Gasteiger partial charge in [-0.2, -0.15) is 0 Å². The summed E-state index contributed by atoms with van der Waals surface area (Å²) in [6.07, 6.45) is 2.19. The first-order valence-corrected chi connectivity index (χ1v) is 11.2. The summed E-state index contributed by atoms with van der Waals surface area (Å²) >= 11 is 0. The first kappa shape index (κ1) is 23.4. The van der Waals surface area contributed by atoms with Crippen molar-refractivity contribution in [2.45, 2.75) is 58.0 Å². The van der Waals surface area contributed by atoms with Gasteiger partial charge in [0, 0.05) is 12.6 Å². The van der Waals surface area contributed by atoms with Gasteiger partial charge in [0.1, 0.15) is 0 Å². The molecule has 1 unspecified atom stereocenters. The highest BCUT2D eigenvalue weighted by Gasteiger charge is 2.09. The number of hydrogen-bond donors (Lipinski definition) is 3. The second-order valence-electron chi connectivity index (χ2n) is 6.60. The second-order valence-corrected chi connectivity index (χ2v) is 8.16. The number of nitrogens with one attached hydrogen (secondary N) is 2. The van der Waals surface area contributed by atoms with E-state index in [1.165, 1.54) is 6.07 Å². The van der Waals surface area contributed by atoms with Crippen molar-refractivity contribution in [3.8, 4) is 0 Å². The summed E-state index contributed by atoms with van der Waals surface area (Å²) in [7, 11) is -3.70. The lowest BCUT2D eigenvalue weighted by Crippen LogP contribution is -2.42. The van der Waals surface area contributed by atoms with E-state index in [9.17, 15) is 8.42 Å². The van der Waals surface area contributed by atoms with E-state index in [1.807, 2.05) is 13.0 Å². The Labute approximate surface area is 164 Å². The van der Waals surface area contributed by atoms with Crippen molar-refractivity contribution in [1.82, 2.24) is 15.5 Å². The van der Waals surface area contributed by atoms with Crippen molar-refractivity contribution < 1.29 is 8.42 Å². The quantitative estimate of drug-likeness (QED) is 0.391. The maximum absolute atomic E-state index is 11.5. The molecule has 1 aromatic rings. The standard InChI is InChI=1S/C19H35N5O2S/c1-5-21-19(23-16(4)10-9-13-24(6-2)7-3)22-15-17-11-8-12-18(14-17)27(20,25)26/h8,11-12,14,16H,5-7,9-10,13,15H2,1-4H3,(H2,20,25,26)(H2,21,22,23). The second kappa shape index (κ2) is 11.9. The van der Waals surface area contributed by atoms with E-state index < -0.39 is 10.0 Å². The molecule has 0 spiro atoms. The zero-order valence-electron chi connectivity index (χ0n) is 17.0. The van der Waals surface area contributed by atoms with Gasteiger partial charge in [-0.15, -0.1) is 0 Å². The summed E-state index contributed by atoms with van der Waals surface area (Å²) < 4.78 is 23.0. The molecule has 0 saturated heterocycles. The Morgan fingerprint density at radius 1 is 1.26 bits per heavy atom. The SMILES string of the molecule is CCNC(=NCc1cccc(S(N)(=O)=O)c1)NC(C)CCCN(CC)CC. The fourth-order valence-corrected chi connectivity index (χ4v) is 3.36. The van der Waals surface area contributed by atoms with Crippen LogP contribution in [0.3, 0.4) is 0 Å². The van der Waals surface area contributed by atoms with Gasteiger partial charge in [-0.3, -0.25) is 0 Å². The normalized spacial score (nSPS) is 13.6. The summed E-state index contributed by atoms with van der Waals surface area (Å²) in [5.74, 6) is 0.730. The Kier molecular flexibility index (Phi) is 10.4. The van der Waals surface area contributed by atoms with Gasteiger partial charge in [-0.05, 0) is 64.0 Å². The minimum absolute atomic E-state index is 0.109. The topological polar surface area (TPSA) is 99.8 Å². The largest absolute Gasteiger partial charge is 0.357 e. The lowest BCUT2D eigenvalue weighted by atomic mass is 10.2. The summed E-state index contributed by atoms with van der Waals surface area (Å²) in [4.78, 5) is 7.10. The minimum atomic E-state index is -3.70. The molecule has 154 valence electrons. The molecule has 0 amide bonds. The molecule has 0 aromatic heterocycles. The van der Waals surface area contributed by atoms with Crippen molar-refractivity contribution in [1.29, 1.82) is 0 Å². The Morgan fingerprint density at radius 2 is 1.96 bits per heavy atom. The highest BCUT2D eigenvalue weighted by atomic mass is 32.2. The summed E-state index contributed by atoms with van der Waals surface area (Å²) in [6.45, 7) is 13.0. The van der Waals surface area contributed by atoms with Crippen LogP contribution in [0.1, 0.15) is 46.1 Å². The van der Waals surface area contributed by atoms with Crippen LogP contribution in [0.15, 0.2) is 34.2 Å². The third-order valence-electron chi connectivity index (χ3n) is 4.38. The molecular weight excluding hydrogens is 362 g/mol. The molecule has 1 aromatic carbocycles. The van der Waals surface area contributed by atoms with Gasteiger partial charge in [0.2, 0.25) is 10.0 Å². The van der Waals surface area contributed by atoms with Gasteiger partial charge in [0.05, 0.1) is 11.4 Å². The van der Waals surface area contributed by atoms with Crippen LogP contribution in [0, 0.1) is 0 Å². The fourth-order valence-electron chi connectivity index (χ4n) is 2.78. The van der Waals surface area contributed by atoms with Crippen LogP contribution in [0.4, 0.5) is 0 Å². The number of aliphatic imine (C=N–C) groups is 1. The van der Waals surface area contributed by atoms with E-state index in [0.29, 0.717) is 12.6 Å². The fraction of sp³-hybridized carbons (Fsp3) is 0.632. The lowest BCUT2D eigenvalue weighted by molar-refractivity contribution is 0.292. The molecule has 0 aliphatic rings. The Bertz CT molecular complexity index is 687. The van der Waals surface area contributed by atoms with Crippen molar-refractivity contribution in [2.75, 3.05) is 26.2 Å².